The summed E-state index contributed by atoms with van der Waals surface area (Å²) in [6, 6.07) is 10.1. The molecular weight excluding hydrogens is 816 g/mol. The average Bonchev–Trinajstić information content (AvgIpc) is 4.16. The first kappa shape index (κ1) is 42.1. The second kappa shape index (κ2) is 18.2. The van der Waals surface area contributed by atoms with Crippen molar-refractivity contribution >= 4 is 35.0 Å². The van der Waals surface area contributed by atoms with Gasteiger partial charge in [-0.3, -0.25) is 9.59 Å². The van der Waals surface area contributed by atoms with Gasteiger partial charge in [0.2, 0.25) is 11.8 Å². The Balaban J connectivity index is 0.888. The smallest absolute Gasteiger partial charge is 0.407 e. The van der Waals surface area contributed by atoms with Gasteiger partial charge in [0.25, 0.3) is 0 Å². The summed E-state index contributed by atoms with van der Waals surface area (Å²) in [6.45, 7) is 3.04. The Morgan fingerprint density at radius 1 is 0.762 bits per heavy atom. The third kappa shape index (κ3) is 8.73. The third-order valence-corrected chi connectivity index (χ3v) is 13.0. The summed E-state index contributed by atoms with van der Waals surface area (Å²) in [4.78, 5) is 71.3. The van der Waals surface area contributed by atoms with Crippen LogP contribution < -0.4 is 10.6 Å². The molecule has 2 unspecified atom stereocenters. The summed E-state index contributed by atoms with van der Waals surface area (Å²) in [5.41, 5.74) is 3.58. The molecule has 4 amide bonds. The number of amides is 4. The maximum atomic E-state index is 15.9. The molecule has 9 rings (SSSR count). The number of methoxy groups -OCH3 is 1. The van der Waals surface area contributed by atoms with Crippen LogP contribution in [0.2, 0.25) is 0 Å². The fraction of sp³-hybridized carbons (Fsp3) is 0.467. The Labute approximate surface area is 362 Å². The van der Waals surface area contributed by atoms with Crippen LogP contribution in [-0.4, -0.2) is 118 Å². The number of alkyl carbamates (subject to hydrolysis) is 1. The first-order valence-corrected chi connectivity index (χ1v) is 21.7. The van der Waals surface area contributed by atoms with Crippen molar-refractivity contribution in [2.45, 2.75) is 75.5 Å². The van der Waals surface area contributed by atoms with E-state index in [0.717, 1.165) is 35.9 Å². The molecule has 0 saturated carbocycles. The van der Waals surface area contributed by atoms with Crippen molar-refractivity contribution in [2.24, 2.45) is 11.8 Å². The van der Waals surface area contributed by atoms with Gasteiger partial charge >= 0.3 is 12.2 Å². The van der Waals surface area contributed by atoms with Crippen LogP contribution >= 0.6 is 0 Å². The number of carbonyl (C=O) groups is 4. The van der Waals surface area contributed by atoms with Crippen LogP contribution in [0.25, 0.3) is 44.8 Å². The van der Waals surface area contributed by atoms with Crippen molar-refractivity contribution in [3.05, 3.63) is 72.3 Å². The Bertz CT molecular complexity index is 2470. The van der Waals surface area contributed by atoms with Crippen molar-refractivity contribution in [2.75, 3.05) is 46.6 Å². The number of aromatic nitrogens is 4. The molecule has 2 aromatic carbocycles. The minimum Gasteiger partial charge on any atom is -0.465 e. The van der Waals surface area contributed by atoms with E-state index in [9.17, 15) is 24.3 Å². The van der Waals surface area contributed by atoms with Crippen LogP contribution in [0.1, 0.15) is 75.1 Å². The van der Waals surface area contributed by atoms with E-state index in [2.05, 4.69) is 25.6 Å². The standard InChI is InChI=1S/C45H51FN8O9/c1-60-45(59)52-39(26-12-18-62-19-13-26)43(56)54-15-3-5-35(54)40-47-23-32(49-40)27-7-9-36-29(20-27)22-37(63-36)30-8-6-28(21-31(30)46)33-24-48-41(50-33)34-4-2-14-53(34)42(55)38(51-44(57)58)25-10-16-61-17-11-25/h6-9,20-26,34-35,38-39,51H,2-5,10-19H2,1H3,(H,47,49)(H,48,50)(H,52,59)(H,57,58)/t34-,35?,38-,39?/m0/s1. The highest BCUT2D eigenvalue weighted by Crippen LogP contribution is 2.38. The quantitative estimate of drug-likeness (QED) is 0.0958. The maximum absolute atomic E-state index is 15.9. The topological polar surface area (TPSA) is 217 Å². The molecule has 4 aliphatic heterocycles. The van der Waals surface area contributed by atoms with Crippen molar-refractivity contribution in [3.63, 3.8) is 0 Å². The summed E-state index contributed by atoms with van der Waals surface area (Å²) in [5.74, 6) is 0.411. The summed E-state index contributed by atoms with van der Waals surface area (Å²) in [7, 11) is 1.29. The van der Waals surface area contributed by atoms with Gasteiger partial charge in [-0.15, -0.1) is 0 Å². The van der Waals surface area contributed by atoms with E-state index in [1.807, 2.05) is 18.2 Å². The summed E-state index contributed by atoms with van der Waals surface area (Å²) >= 11 is 0. The SMILES string of the molecule is COC(=O)NC(C(=O)N1CCCC1c1ncc(-c2ccc3oc(-c4ccc(-c5cnc([C@@H]6CCCN6C(=O)[C@@H](NC(=O)O)C6CCOCC6)[nH]5)cc4F)cc3c2)[nH]1)C1CCOCC1. The van der Waals surface area contributed by atoms with Crippen LogP contribution in [0.15, 0.2) is 59.3 Å². The molecule has 4 fully saturated rings. The number of hydrogen-bond acceptors (Lipinski definition) is 10. The van der Waals surface area contributed by atoms with Crippen molar-refractivity contribution < 1.29 is 47.3 Å². The number of benzene rings is 2. The molecule has 5 N–H and O–H groups in total. The van der Waals surface area contributed by atoms with Gasteiger partial charge in [-0.1, -0.05) is 6.07 Å². The summed E-state index contributed by atoms with van der Waals surface area (Å²) in [5, 5.41) is 15.6. The van der Waals surface area contributed by atoms with E-state index < -0.39 is 30.1 Å². The minimum absolute atomic E-state index is 0.0664. The Hall–Kier alpha value is -6.27. The van der Waals surface area contributed by atoms with Gasteiger partial charge in [0, 0.05) is 56.0 Å². The van der Waals surface area contributed by atoms with Gasteiger partial charge in [-0.2, -0.15) is 0 Å². The van der Waals surface area contributed by atoms with E-state index in [-0.39, 0.29) is 41.3 Å². The van der Waals surface area contributed by atoms with Crippen molar-refractivity contribution in [1.82, 2.24) is 40.4 Å². The molecular formula is C45H51FN8O9. The normalized spacial score (nSPS) is 20.8. The summed E-state index contributed by atoms with van der Waals surface area (Å²) < 4.78 is 37.9. The fourth-order valence-corrected chi connectivity index (χ4v) is 9.70. The van der Waals surface area contributed by atoms with Gasteiger partial charge in [-0.25, -0.2) is 23.9 Å². The lowest BCUT2D eigenvalue weighted by atomic mass is 9.90. The Morgan fingerprint density at radius 3 is 1.84 bits per heavy atom. The molecule has 332 valence electrons. The van der Waals surface area contributed by atoms with E-state index >= 15 is 4.39 Å². The van der Waals surface area contributed by atoms with Gasteiger partial charge in [-0.05, 0) is 99.6 Å². The van der Waals surface area contributed by atoms with Crippen molar-refractivity contribution in [1.29, 1.82) is 0 Å². The number of imidazole rings is 2. The van der Waals surface area contributed by atoms with Gasteiger partial charge in [0.1, 0.15) is 40.9 Å². The van der Waals surface area contributed by atoms with Gasteiger partial charge < -0.3 is 54.1 Å². The molecule has 0 spiro atoms. The second-order valence-corrected chi connectivity index (χ2v) is 16.7. The number of likely N-dealkylation sites (tertiary alicyclic amines) is 2. The lowest BCUT2D eigenvalue weighted by Gasteiger charge is -2.34. The van der Waals surface area contributed by atoms with E-state index in [4.69, 9.17) is 23.6 Å². The molecule has 18 heteroatoms. The van der Waals surface area contributed by atoms with Gasteiger partial charge in [0.15, 0.2) is 0 Å². The molecule has 17 nitrogen and oxygen atoms in total. The first-order valence-electron chi connectivity index (χ1n) is 21.7. The summed E-state index contributed by atoms with van der Waals surface area (Å²) in [6.07, 6.45) is 6.89. The number of fused-ring (bicyclic) bond motifs is 1. The molecule has 5 aromatic rings. The largest absolute Gasteiger partial charge is 0.465 e. The van der Waals surface area contributed by atoms with Crippen LogP contribution in [0.5, 0.6) is 0 Å². The predicted molar refractivity (Wildman–Crippen MR) is 226 cm³/mol. The van der Waals surface area contributed by atoms with Gasteiger partial charge in [0.05, 0.1) is 48.5 Å². The average molecular weight is 867 g/mol. The second-order valence-electron chi connectivity index (χ2n) is 16.7. The highest BCUT2D eigenvalue weighted by atomic mass is 19.1. The molecule has 4 atom stereocenters. The number of ether oxygens (including phenoxy) is 3. The van der Waals surface area contributed by atoms with E-state index in [0.29, 0.717) is 106 Å². The number of carbonyl (C=O) groups excluding carboxylic acids is 3. The molecule has 63 heavy (non-hydrogen) atoms. The highest BCUT2D eigenvalue weighted by Gasteiger charge is 2.41. The molecule has 0 radical (unpaired) electrons. The predicted octanol–water partition coefficient (Wildman–Crippen LogP) is 6.56. The number of halogens is 1. The molecule has 0 bridgehead atoms. The molecule has 0 aliphatic carbocycles. The van der Waals surface area contributed by atoms with Crippen LogP contribution in [0.3, 0.4) is 0 Å². The highest BCUT2D eigenvalue weighted by molar-refractivity contribution is 5.88. The zero-order chi connectivity index (χ0) is 43.6. The van der Waals surface area contributed by atoms with Crippen molar-refractivity contribution in [3.8, 4) is 33.8 Å². The molecule has 4 aliphatic rings. The maximum Gasteiger partial charge on any atom is 0.407 e. The number of furan rings is 1. The lowest BCUT2D eigenvalue weighted by molar-refractivity contribution is -0.137. The van der Waals surface area contributed by atoms with Crippen LogP contribution in [0.4, 0.5) is 14.0 Å². The van der Waals surface area contributed by atoms with E-state index in [1.165, 1.54) is 13.2 Å². The van der Waals surface area contributed by atoms with Crippen LogP contribution in [-0.2, 0) is 23.8 Å². The monoisotopic (exact) mass is 866 g/mol. The lowest BCUT2D eigenvalue weighted by Crippen LogP contribution is -2.53. The first-order chi connectivity index (χ1) is 30.6. The number of H-pyrrole nitrogens is 2. The molecule has 4 saturated heterocycles. The number of nitrogens with zero attached hydrogens (tertiary/aromatic N) is 4. The Morgan fingerprint density at radius 2 is 1.30 bits per heavy atom. The number of hydrogen-bond donors (Lipinski definition) is 5. The third-order valence-electron chi connectivity index (χ3n) is 13.0. The number of nitrogens with one attached hydrogen (secondary N) is 4. The molecule has 7 heterocycles. The number of rotatable bonds is 11. The number of aromatic amines is 2. The molecule has 3 aromatic heterocycles. The fourth-order valence-electron chi connectivity index (χ4n) is 9.70. The van der Waals surface area contributed by atoms with Crippen LogP contribution in [0, 0.1) is 17.7 Å². The minimum atomic E-state index is -1.24. The number of carboxylic acid groups (broad SMARTS) is 1. The van der Waals surface area contributed by atoms with E-state index in [1.54, 1.807) is 40.4 Å². The zero-order valence-corrected chi connectivity index (χ0v) is 34.9. The zero-order valence-electron chi connectivity index (χ0n) is 34.9. The Kier molecular flexibility index (Phi) is 12.2.